The summed E-state index contributed by atoms with van der Waals surface area (Å²) in [6.07, 6.45) is 3.16. The number of carbonyl (C=O) groups excluding carboxylic acids is 1. The zero-order valence-corrected chi connectivity index (χ0v) is 13.9. The molecule has 1 aliphatic heterocycles. The van der Waals surface area contributed by atoms with E-state index < -0.39 is 11.6 Å². The Hall–Kier alpha value is -2.11. The minimum absolute atomic E-state index is 0.0258. The molecule has 0 bridgehead atoms. The third-order valence-corrected chi connectivity index (χ3v) is 3.69. The normalized spacial score (nSPS) is 18.6. The van der Waals surface area contributed by atoms with Gasteiger partial charge in [-0.2, -0.15) is 0 Å². The van der Waals surface area contributed by atoms with E-state index in [1.165, 1.54) is 0 Å². The Morgan fingerprint density at radius 2 is 2.13 bits per heavy atom. The van der Waals surface area contributed by atoms with Crippen molar-refractivity contribution in [1.82, 2.24) is 9.88 Å². The van der Waals surface area contributed by atoms with Crippen molar-refractivity contribution in [2.75, 3.05) is 13.1 Å². The highest BCUT2D eigenvalue weighted by Gasteiger charge is 2.28. The number of hydrogen-bond acceptors (Lipinski definition) is 4. The summed E-state index contributed by atoms with van der Waals surface area (Å²) in [6, 6.07) is 3.66. The van der Waals surface area contributed by atoms with Crippen LogP contribution in [0.3, 0.4) is 0 Å². The first-order valence-electron chi connectivity index (χ1n) is 7.89. The number of rotatable bonds is 3. The van der Waals surface area contributed by atoms with Crippen molar-refractivity contribution in [3.05, 3.63) is 29.6 Å². The molecule has 0 aromatic carbocycles. The first-order valence-corrected chi connectivity index (χ1v) is 7.89. The molecule has 1 fully saturated rings. The predicted octanol–water partition coefficient (Wildman–Crippen LogP) is 2.82. The second-order valence-electron chi connectivity index (χ2n) is 6.93. The summed E-state index contributed by atoms with van der Waals surface area (Å²) in [6.45, 7) is 6.85. The predicted molar refractivity (Wildman–Crippen MR) is 85.4 cm³/mol. The standard InChI is InChI=1S/C17H24N2O4/c1-17(2,3)23-16(22)19-8-4-5-13(11-19)14-7-6-12(10-18-14)9-15(20)21/h6-7,10,13H,4-5,8-9,11H2,1-3H3,(H,20,21). The molecule has 0 spiro atoms. The highest BCUT2D eigenvalue weighted by molar-refractivity contribution is 5.70. The van der Waals surface area contributed by atoms with E-state index in [9.17, 15) is 9.59 Å². The summed E-state index contributed by atoms with van der Waals surface area (Å²) < 4.78 is 5.43. The van der Waals surface area contributed by atoms with Crippen molar-refractivity contribution in [3.8, 4) is 0 Å². The Bertz CT molecular complexity index is 563. The zero-order chi connectivity index (χ0) is 17.0. The fourth-order valence-electron chi connectivity index (χ4n) is 2.67. The quantitative estimate of drug-likeness (QED) is 0.926. The van der Waals surface area contributed by atoms with Gasteiger partial charge in [0.05, 0.1) is 6.42 Å². The monoisotopic (exact) mass is 320 g/mol. The molecule has 1 unspecified atom stereocenters. The Kier molecular flexibility index (Phi) is 5.23. The van der Waals surface area contributed by atoms with Crippen molar-refractivity contribution < 1.29 is 19.4 Å². The van der Waals surface area contributed by atoms with E-state index >= 15 is 0 Å². The number of carboxylic acid groups (broad SMARTS) is 1. The summed E-state index contributed by atoms with van der Waals surface area (Å²) >= 11 is 0. The van der Waals surface area contributed by atoms with E-state index in [0.717, 1.165) is 18.5 Å². The second-order valence-corrected chi connectivity index (χ2v) is 6.93. The van der Waals surface area contributed by atoms with Crippen LogP contribution in [0.15, 0.2) is 18.3 Å². The SMILES string of the molecule is CC(C)(C)OC(=O)N1CCCC(c2ccc(CC(=O)O)cn2)C1. The van der Waals surface area contributed by atoms with Crippen LogP contribution < -0.4 is 0 Å². The Morgan fingerprint density at radius 3 is 2.70 bits per heavy atom. The van der Waals surface area contributed by atoms with Crippen LogP contribution in [0.5, 0.6) is 0 Å². The first kappa shape index (κ1) is 17.2. The number of carbonyl (C=O) groups is 2. The number of aliphatic carboxylic acids is 1. The third-order valence-electron chi connectivity index (χ3n) is 3.69. The maximum absolute atomic E-state index is 12.2. The number of hydrogen-bond donors (Lipinski definition) is 1. The molecule has 126 valence electrons. The van der Waals surface area contributed by atoms with E-state index in [2.05, 4.69) is 4.98 Å². The molecule has 1 N–H and O–H groups in total. The van der Waals surface area contributed by atoms with Crippen molar-refractivity contribution in [3.63, 3.8) is 0 Å². The minimum Gasteiger partial charge on any atom is -0.481 e. The lowest BCUT2D eigenvalue weighted by Crippen LogP contribution is -2.42. The van der Waals surface area contributed by atoms with Gasteiger partial charge in [0.15, 0.2) is 0 Å². The van der Waals surface area contributed by atoms with Gasteiger partial charge in [-0.1, -0.05) is 6.07 Å². The number of pyridine rings is 1. The number of carboxylic acids is 1. The maximum Gasteiger partial charge on any atom is 0.410 e. The van der Waals surface area contributed by atoms with E-state index in [4.69, 9.17) is 9.84 Å². The van der Waals surface area contributed by atoms with Gasteiger partial charge in [0.1, 0.15) is 5.60 Å². The number of amides is 1. The molecule has 2 rings (SSSR count). The van der Waals surface area contributed by atoms with Crippen LogP contribution in [0.2, 0.25) is 0 Å². The molecule has 1 atom stereocenters. The van der Waals surface area contributed by atoms with Gasteiger partial charge in [-0.05, 0) is 45.2 Å². The van der Waals surface area contributed by atoms with Gasteiger partial charge in [-0.3, -0.25) is 9.78 Å². The number of piperidine rings is 1. The summed E-state index contributed by atoms with van der Waals surface area (Å²) in [7, 11) is 0. The number of ether oxygens (including phenoxy) is 1. The molecule has 0 radical (unpaired) electrons. The summed E-state index contributed by atoms with van der Waals surface area (Å²) in [5, 5.41) is 8.79. The lowest BCUT2D eigenvalue weighted by molar-refractivity contribution is -0.136. The molecule has 1 aromatic heterocycles. The van der Waals surface area contributed by atoms with Gasteiger partial charge in [-0.25, -0.2) is 4.79 Å². The Balaban J connectivity index is 2.00. The molecule has 1 amide bonds. The largest absolute Gasteiger partial charge is 0.481 e. The first-order chi connectivity index (χ1) is 10.7. The van der Waals surface area contributed by atoms with E-state index in [-0.39, 0.29) is 18.4 Å². The van der Waals surface area contributed by atoms with Crippen molar-refractivity contribution in [2.45, 2.75) is 51.6 Å². The Labute approximate surface area is 136 Å². The van der Waals surface area contributed by atoms with Crippen molar-refractivity contribution in [1.29, 1.82) is 0 Å². The number of aromatic nitrogens is 1. The van der Waals surface area contributed by atoms with Crippen LogP contribution >= 0.6 is 0 Å². The average Bonchev–Trinajstić information content (AvgIpc) is 2.46. The average molecular weight is 320 g/mol. The van der Waals surface area contributed by atoms with Crippen molar-refractivity contribution in [2.24, 2.45) is 0 Å². The molecule has 2 heterocycles. The Morgan fingerprint density at radius 1 is 1.39 bits per heavy atom. The van der Waals surface area contributed by atoms with E-state index in [1.807, 2.05) is 26.8 Å². The molecular weight excluding hydrogens is 296 g/mol. The molecule has 6 heteroatoms. The summed E-state index contributed by atoms with van der Waals surface area (Å²) in [5.74, 6) is -0.705. The van der Waals surface area contributed by atoms with Gasteiger partial charge in [0.25, 0.3) is 0 Å². The van der Waals surface area contributed by atoms with Gasteiger partial charge in [0, 0.05) is 30.9 Å². The maximum atomic E-state index is 12.2. The third kappa shape index (κ3) is 5.23. The molecule has 0 saturated carbocycles. The summed E-state index contributed by atoms with van der Waals surface area (Å²) in [5.41, 5.74) is 1.08. The van der Waals surface area contributed by atoms with Crippen LogP contribution in [0.4, 0.5) is 4.79 Å². The van der Waals surface area contributed by atoms with Crippen LogP contribution in [0, 0.1) is 0 Å². The van der Waals surface area contributed by atoms with Gasteiger partial charge < -0.3 is 14.7 Å². The van der Waals surface area contributed by atoms with Gasteiger partial charge in [0.2, 0.25) is 0 Å². The van der Waals surface area contributed by atoms with Crippen molar-refractivity contribution >= 4 is 12.1 Å². The van der Waals surface area contributed by atoms with E-state index in [1.54, 1.807) is 17.2 Å². The lowest BCUT2D eigenvalue weighted by Gasteiger charge is -2.33. The number of likely N-dealkylation sites (tertiary alicyclic amines) is 1. The number of nitrogens with zero attached hydrogens (tertiary/aromatic N) is 2. The van der Waals surface area contributed by atoms with E-state index in [0.29, 0.717) is 18.7 Å². The highest BCUT2D eigenvalue weighted by Crippen LogP contribution is 2.26. The molecule has 1 aliphatic rings. The van der Waals surface area contributed by atoms with Crippen LogP contribution in [-0.4, -0.2) is 45.7 Å². The van der Waals surface area contributed by atoms with Crippen LogP contribution in [0.25, 0.3) is 0 Å². The zero-order valence-electron chi connectivity index (χ0n) is 13.9. The van der Waals surface area contributed by atoms with Crippen LogP contribution in [0.1, 0.15) is 50.8 Å². The van der Waals surface area contributed by atoms with Gasteiger partial charge in [-0.15, -0.1) is 0 Å². The lowest BCUT2D eigenvalue weighted by atomic mass is 9.94. The molecule has 23 heavy (non-hydrogen) atoms. The molecular formula is C17H24N2O4. The molecule has 1 aromatic rings. The molecule has 0 aliphatic carbocycles. The molecule has 1 saturated heterocycles. The molecule has 6 nitrogen and oxygen atoms in total. The fraction of sp³-hybridized carbons (Fsp3) is 0.588. The second kappa shape index (κ2) is 6.98. The highest BCUT2D eigenvalue weighted by atomic mass is 16.6. The fourth-order valence-corrected chi connectivity index (χ4v) is 2.67. The minimum atomic E-state index is -0.867. The topological polar surface area (TPSA) is 79.7 Å². The van der Waals surface area contributed by atoms with Crippen LogP contribution in [-0.2, 0) is 16.0 Å². The van der Waals surface area contributed by atoms with Gasteiger partial charge >= 0.3 is 12.1 Å². The smallest absolute Gasteiger partial charge is 0.410 e. The summed E-state index contributed by atoms with van der Waals surface area (Å²) in [4.78, 5) is 29.0.